The minimum atomic E-state index is -0.407. The van der Waals surface area contributed by atoms with Gasteiger partial charge in [-0.3, -0.25) is 0 Å². The van der Waals surface area contributed by atoms with E-state index in [1.165, 1.54) is 122 Å². The van der Waals surface area contributed by atoms with Gasteiger partial charge in [0, 0.05) is 33.4 Å². The Labute approximate surface area is 521 Å². The van der Waals surface area contributed by atoms with Gasteiger partial charge in [-0.25, -0.2) is 28.8 Å². The van der Waals surface area contributed by atoms with E-state index in [-0.39, 0.29) is 63.8 Å². The van der Waals surface area contributed by atoms with E-state index >= 15 is 0 Å². The number of carbonyl (C=O) groups excluding carboxylic acids is 6. The van der Waals surface area contributed by atoms with E-state index in [1.807, 2.05) is 27.7 Å². The molecule has 0 aromatic rings. The van der Waals surface area contributed by atoms with E-state index in [9.17, 15) is 28.8 Å². The third kappa shape index (κ3) is 20.9. The Morgan fingerprint density at radius 3 is 0.942 bits per heavy atom. The molecule has 0 aromatic carbocycles. The number of hydrogen-bond acceptors (Lipinski definition) is 12. The maximum atomic E-state index is 12.0. The van der Waals surface area contributed by atoms with Crippen molar-refractivity contribution in [3.63, 3.8) is 0 Å². The van der Waals surface area contributed by atoms with Gasteiger partial charge in [0.1, 0.15) is 33.6 Å². The smallest absolute Gasteiger partial charge is 0.333 e. The van der Waals surface area contributed by atoms with Gasteiger partial charge < -0.3 is 28.4 Å². The summed E-state index contributed by atoms with van der Waals surface area (Å²) in [5.74, 6) is 4.67. The molecule has 11 rings (SSSR count). The molecule has 11 aliphatic carbocycles. The van der Waals surface area contributed by atoms with E-state index in [4.69, 9.17) is 28.4 Å². The second kappa shape index (κ2) is 32.1. The highest BCUT2D eigenvalue weighted by atomic mass is 16.6. The largest absolute Gasteiger partial charge is 0.457 e. The summed E-state index contributed by atoms with van der Waals surface area (Å²) in [5.41, 5.74) is 1.63. The Balaban J connectivity index is 0.000000224. The van der Waals surface area contributed by atoms with Crippen LogP contribution in [-0.2, 0) is 57.2 Å². The Kier molecular flexibility index (Phi) is 27.5. The van der Waals surface area contributed by atoms with Crippen LogP contribution in [0, 0.1) is 47.3 Å². The zero-order chi connectivity index (χ0) is 64.6. The minimum Gasteiger partial charge on any atom is -0.457 e. The van der Waals surface area contributed by atoms with Gasteiger partial charge >= 0.3 is 35.8 Å². The molecule has 0 amide bonds. The first-order valence-electron chi connectivity index (χ1n) is 33.4. The van der Waals surface area contributed by atoms with E-state index in [0.29, 0.717) is 57.1 Å². The molecule has 0 heterocycles. The molecule has 11 aliphatic rings. The lowest BCUT2D eigenvalue weighted by atomic mass is 9.49. The van der Waals surface area contributed by atoms with Crippen LogP contribution in [0.1, 0.15) is 277 Å². The molecule has 0 radical (unpaired) electrons. The van der Waals surface area contributed by atoms with Crippen molar-refractivity contribution in [2.24, 2.45) is 47.3 Å². The molecule has 0 aromatic heterocycles. The van der Waals surface area contributed by atoms with Crippen molar-refractivity contribution in [3.05, 3.63) is 72.9 Å². The summed E-state index contributed by atoms with van der Waals surface area (Å²) in [6, 6.07) is 0. The molecular weight excluding hydrogens is 1080 g/mol. The van der Waals surface area contributed by atoms with Gasteiger partial charge in [-0.05, 0) is 284 Å². The Hall–Kier alpha value is -4.74. The van der Waals surface area contributed by atoms with Gasteiger partial charge in [-0.1, -0.05) is 79.5 Å². The van der Waals surface area contributed by atoms with Crippen molar-refractivity contribution in [1.29, 1.82) is 0 Å². The second-order valence-electron chi connectivity index (χ2n) is 29.4. The Morgan fingerprint density at radius 1 is 0.360 bits per heavy atom. The summed E-state index contributed by atoms with van der Waals surface area (Å²) in [7, 11) is 0. The highest BCUT2D eigenvalue weighted by Crippen LogP contribution is 2.61. The summed E-state index contributed by atoms with van der Waals surface area (Å²) in [6.07, 6.45) is 32.9. The van der Waals surface area contributed by atoms with Crippen molar-refractivity contribution < 1.29 is 57.2 Å². The first kappa shape index (κ1) is 73.7. The van der Waals surface area contributed by atoms with E-state index < -0.39 is 5.60 Å². The van der Waals surface area contributed by atoms with Crippen LogP contribution in [0.25, 0.3) is 0 Å². The molecular formula is C74H118O12. The van der Waals surface area contributed by atoms with Gasteiger partial charge in [0.2, 0.25) is 0 Å². The number of ether oxygens (including phenoxy) is 6. The number of esters is 6. The van der Waals surface area contributed by atoms with Crippen molar-refractivity contribution in [2.75, 3.05) is 0 Å². The third-order valence-electron chi connectivity index (χ3n) is 20.6. The molecule has 486 valence electrons. The fourth-order valence-electron chi connectivity index (χ4n) is 15.7. The molecule has 12 heteroatoms. The SMILES string of the molecule is C=C(C)C(=O)OC(C)(C)C.C=C(C)C(=O)OC1(C)C2CC3CC(C2)CC1C3.C=C(C)C(=O)OC1(C)CCCC1.C=C(C)C(=O)OC1(CC)C2CC3CC(C2)CC1C3.C=C(C)C(=O)OC1(CC)CCCC1.C=C(C)C(=O)OC1(CC)CCCCCCC1. The first-order valence-corrected chi connectivity index (χ1v) is 33.4. The Morgan fingerprint density at radius 2 is 0.640 bits per heavy atom. The summed E-state index contributed by atoms with van der Waals surface area (Å²) in [5, 5.41) is 0. The molecule has 0 atom stereocenters. The number of carbonyl (C=O) groups is 6. The minimum absolute atomic E-state index is 0.163. The van der Waals surface area contributed by atoms with Crippen LogP contribution in [0.2, 0.25) is 0 Å². The number of rotatable bonds is 14. The monoisotopic (exact) mass is 1200 g/mol. The van der Waals surface area contributed by atoms with E-state index in [1.54, 1.807) is 41.5 Å². The van der Waals surface area contributed by atoms with Crippen molar-refractivity contribution in [1.82, 2.24) is 0 Å². The number of hydrogen-bond donors (Lipinski definition) is 0. The quantitative estimate of drug-likeness (QED) is 0.0922. The van der Waals surface area contributed by atoms with E-state index in [2.05, 4.69) is 67.2 Å². The highest BCUT2D eigenvalue weighted by Gasteiger charge is 2.59. The molecule has 0 N–H and O–H groups in total. The molecule has 0 aliphatic heterocycles. The van der Waals surface area contributed by atoms with Crippen molar-refractivity contribution in [3.8, 4) is 0 Å². The van der Waals surface area contributed by atoms with Crippen molar-refractivity contribution in [2.45, 2.75) is 310 Å². The predicted molar refractivity (Wildman–Crippen MR) is 344 cm³/mol. The zero-order valence-corrected chi connectivity index (χ0v) is 56.6. The average Bonchev–Trinajstić information content (AvgIpc) is 0.928. The summed E-state index contributed by atoms with van der Waals surface area (Å²) < 4.78 is 33.3. The Bertz CT molecular complexity index is 2350. The van der Waals surface area contributed by atoms with E-state index in [0.717, 1.165) is 81.5 Å². The fourth-order valence-corrected chi connectivity index (χ4v) is 15.7. The third-order valence-corrected chi connectivity index (χ3v) is 20.6. The lowest BCUT2D eigenvalue weighted by Crippen LogP contribution is -2.59. The molecule has 0 spiro atoms. The van der Waals surface area contributed by atoms with Gasteiger partial charge in [-0.2, -0.15) is 0 Å². The van der Waals surface area contributed by atoms with Gasteiger partial charge in [-0.15, -0.1) is 0 Å². The zero-order valence-electron chi connectivity index (χ0n) is 56.6. The molecule has 11 saturated carbocycles. The fraction of sp³-hybridized carbons (Fsp3) is 0.757. The van der Waals surface area contributed by atoms with Crippen LogP contribution in [-0.4, -0.2) is 69.4 Å². The van der Waals surface area contributed by atoms with Crippen LogP contribution < -0.4 is 0 Å². The standard InChI is InChI=1S/C16H24O2.C15H22O2.C14H24O2.C11H18O2.C10H16O2.C8H14O2/c1-4-16(18-15(17)10(2)3)13-6-11-5-12(8-13)9-14(16)7-11;1-9(2)14(16)17-15(3)12-5-10-4-11(7-12)8-13(15)6-10;1-4-14(16-13(15)12(2)3)10-8-6-5-7-9-11-14;1-4-11(7-5-6-8-11)13-10(12)9(2)3;1-8(2)9(11)12-10(3)6-4-5-7-10;1-6(2)7(9)10-8(3,4)5/h11-14H,2,4-9H2,1,3H3;10-13H,1,4-8H2,2-3H3;2,4-11H2,1,3H3;2,4-8H2,1,3H3;1,4-7H2,2-3H3;1H2,2-5H3. The van der Waals surface area contributed by atoms with Crippen LogP contribution in [0.15, 0.2) is 72.9 Å². The summed E-state index contributed by atoms with van der Waals surface area (Å²) in [4.78, 5) is 68.8. The van der Waals surface area contributed by atoms with Crippen molar-refractivity contribution >= 4 is 35.8 Å². The first-order chi connectivity index (χ1) is 40.1. The normalized spacial score (nSPS) is 29.7. The molecule has 12 nitrogen and oxygen atoms in total. The maximum absolute atomic E-state index is 12.0. The lowest BCUT2D eigenvalue weighted by molar-refractivity contribution is -0.207. The van der Waals surface area contributed by atoms with Crippen LogP contribution in [0.3, 0.4) is 0 Å². The van der Waals surface area contributed by atoms with Gasteiger partial charge in [0.05, 0.1) is 0 Å². The highest BCUT2D eigenvalue weighted by molar-refractivity contribution is 5.89. The predicted octanol–water partition coefficient (Wildman–Crippen LogP) is 18.2. The summed E-state index contributed by atoms with van der Waals surface area (Å²) in [6.45, 7) is 47.9. The second-order valence-corrected chi connectivity index (χ2v) is 29.4. The molecule has 86 heavy (non-hydrogen) atoms. The lowest BCUT2D eigenvalue weighted by Gasteiger charge is -2.60. The molecule has 8 bridgehead atoms. The molecule has 0 unspecified atom stereocenters. The topological polar surface area (TPSA) is 158 Å². The maximum Gasteiger partial charge on any atom is 0.333 e. The van der Waals surface area contributed by atoms with Gasteiger partial charge in [0.25, 0.3) is 0 Å². The molecule has 0 saturated heterocycles. The van der Waals surface area contributed by atoms with Gasteiger partial charge in [0.15, 0.2) is 0 Å². The molecule has 11 fully saturated rings. The van der Waals surface area contributed by atoms with Crippen LogP contribution in [0.4, 0.5) is 0 Å². The van der Waals surface area contributed by atoms with Crippen LogP contribution in [0.5, 0.6) is 0 Å². The van der Waals surface area contributed by atoms with Crippen LogP contribution >= 0.6 is 0 Å². The average molecular weight is 1200 g/mol. The summed E-state index contributed by atoms with van der Waals surface area (Å²) >= 11 is 0.